The number of rotatable bonds is 6. The summed E-state index contributed by atoms with van der Waals surface area (Å²) in [5.41, 5.74) is 0. The van der Waals surface area contributed by atoms with E-state index in [0.717, 1.165) is 44.7 Å². The van der Waals surface area contributed by atoms with Gasteiger partial charge in [0.05, 0.1) is 12.6 Å². The highest BCUT2D eigenvalue weighted by Crippen LogP contribution is 2.12. The number of nitrogens with zero attached hydrogens (tertiary/aromatic N) is 5. The van der Waals surface area contributed by atoms with Crippen molar-refractivity contribution in [1.82, 2.24) is 24.6 Å². The van der Waals surface area contributed by atoms with E-state index >= 15 is 0 Å². The Hall–Kier alpha value is -1.43. The standard InChI is InChI=1S/C14H25N5O/c1-4-7-19-11-15-16-13(19)10-17(3)12(2)14(20)18-8-5-6-9-18/h11-12H,4-10H2,1-3H3/t12-/m0/s1. The lowest BCUT2D eigenvalue weighted by Gasteiger charge is -2.27. The fourth-order valence-electron chi connectivity index (χ4n) is 2.58. The lowest BCUT2D eigenvalue weighted by Crippen LogP contribution is -2.44. The average molecular weight is 279 g/mol. The van der Waals surface area contributed by atoms with Crippen LogP contribution in [0.4, 0.5) is 0 Å². The van der Waals surface area contributed by atoms with Crippen LogP contribution < -0.4 is 0 Å². The van der Waals surface area contributed by atoms with Gasteiger partial charge >= 0.3 is 0 Å². The molecule has 1 aliphatic heterocycles. The Kier molecular flexibility index (Phi) is 5.11. The summed E-state index contributed by atoms with van der Waals surface area (Å²) in [5.74, 6) is 1.15. The molecule has 112 valence electrons. The molecule has 1 amide bonds. The smallest absolute Gasteiger partial charge is 0.239 e. The van der Waals surface area contributed by atoms with E-state index in [2.05, 4.69) is 26.6 Å². The molecule has 0 unspecified atom stereocenters. The second-order valence-electron chi connectivity index (χ2n) is 5.56. The van der Waals surface area contributed by atoms with Gasteiger partial charge in [-0.2, -0.15) is 0 Å². The van der Waals surface area contributed by atoms with Crippen LogP contribution >= 0.6 is 0 Å². The molecule has 1 aliphatic rings. The van der Waals surface area contributed by atoms with Gasteiger partial charge in [-0.1, -0.05) is 6.92 Å². The lowest BCUT2D eigenvalue weighted by molar-refractivity contribution is -0.135. The maximum absolute atomic E-state index is 12.4. The third-order valence-corrected chi connectivity index (χ3v) is 3.99. The van der Waals surface area contributed by atoms with Crippen LogP contribution in [0.1, 0.15) is 38.9 Å². The van der Waals surface area contributed by atoms with E-state index in [1.54, 1.807) is 6.33 Å². The third-order valence-electron chi connectivity index (χ3n) is 3.99. The number of hydrogen-bond donors (Lipinski definition) is 0. The molecule has 0 aromatic carbocycles. The van der Waals surface area contributed by atoms with Crippen molar-refractivity contribution in [2.45, 2.75) is 52.2 Å². The summed E-state index contributed by atoms with van der Waals surface area (Å²) in [5, 5.41) is 8.13. The van der Waals surface area contributed by atoms with Crippen LogP contribution in [0.3, 0.4) is 0 Å². The first-order chi connectivity index (χ1) is 9.63. The number of aromatic nitrogens is 3. The number of amides is 1. The van der Waals surface area contributed by atoms with Gasteiger partial charge in [-0.25, -0.2) is 0 Å². The Labute approximate surface area is 120 Å². The number of aryl methyl sites for hydroxylation is 1. The van der Waals surface area contributed by atoms with Crippen LogP contribution in [-0.2, 0) is 17.9 Å². The Morgan fingerprint density at radius 2 is 2.15 bits per heavy atom. The zero-order chi connectivity index (χ0) is 14.5. The van der Waals surface area contributed by atoms with E-state index in [1.165, 1.54) is 0 Å². The van der Waals surface area contributed by atoms with Crippen LogP contribution in [0.2, 0.25) is 0 Å². The summed E-state index contributed by atoms with van der Waals surface area (Å²) < 4.78 is 2.06. The quantitative estimate of drug-likeness (QED) is 0.783. The molecule has 1 saturated heterocycles. The van der Waals surface area contributed by atoms with Crippen molar-refractivity contribution >= 4 is 5.91 Å². The molecule has 1 fully saturated rings. The fourth-order valence-corrected chi connectivity index (χ4v) is 2.58. The summed E-state index contributed by atoms with van der Waals surface area (Å²) in [7, 11) is 1.98. The van der Waals surface area contributed by atoms with Gasteiger partial charge in [0.2, 0.25) is 5.91 Å². The summed E-state index contributed by atoms with van der Waals surface area (Å²) in [6.07, 6.45) is 5.08. The fraction of sp³-hybridized carbons (Fsp3) is 0.786. The molecule has 20 heavy (non-hydrogen) atoms. The normalized spacial score (nSPS) is 16.9. The van der Waals surface area contributed by atoms with Crippen molar-refractivity contribution in [3.63, 3.8) is 0 Å². The average Bonchev–Trinajstić information content (AvgIpc) is 3.09. The molecule has 1 atom stereocenters. The molecule has 0 spiro atoms. The Morgan fingerprint density at radius 1 is 1.45 bits per heavy atom. The number of hydrogen-bond acceptors (Lipinski definition) is 4. The molecule has 6 heteroatoms. The van der Waals surface area contributed by atoms with Gasteiger partial charge in [0.1, 0.15) is 12.2 Å². The third kappa shape index (κ3) is 3.36. The highest BCUT2D eigenvalue weighted by Gasteiger charge is 2.26. The molecule has 0 aliphatic carbocycles. The first-order valence-electron chi connectivity index (χ1n) is 7.49. The monoisotopic (exact) mass is 279 g/mol. The molecular weight excluding hydrogens is 254 g/mol. The SMILES string of the molecule is CCCn1cnnc1CN(C)[C@@H](C)C(=O)N1CCCC1. The van der Waals surface area contributed by atoms with E-state index in [4.69, 9.17) is 0 Å². The van der Waals surface area contributed by atoms with Gasteiger partial charge in [0, 0.05) is 19.6 Å². The number of carbonyl (C=O) groups is 1. The highest BCUT2D eigenvalue weighted by molar-refractivity contribution is 5.81. The molecule has 0 radical (unpaired) electrons. The largest absolute Gasteiger partial charge is 0.341 e. The molecule has 2 heterocycles. The van der Waals surface area contributed by atoms with Crippen molar-refractivity contribution < 1.29 is 4.79 Å². The van der Waals surface area contributed by atoms with Gasteiger partial charge in [-0.3, -0.25) is 9.69 Å². The summed E-state index contributed by atoms with van der Waals surface area (Å²) in [6, 6.07) is -0.111. The minimum Gasteiger partial charge on any atom is -0.341 e. The molecule has 0 saturated carbocycles. The lowest BCUT2D eigenvalue weighted by atomic mass is 10.2. The number of likely N-dealkylation sites (tertiary alicyclic amines) is 1. The zero-order valence-electron chi connectivity index (χ0n) is 12.7. The predicted molar refractivity (Wildman–Crippen MR) is 77.1 cm³/mol. The van der Waals surface area contributed by atoms with Gasteiger partial charge in [0.15, 0.2) is 0 Å². The van der Waals surface area contributed by atoms with Gasteiger partial charge in [0.25, 0.3) is 0 Å². The van der Waals surface area contributed by atoms with Crippen LogP contribution in [0.25, 0.3) is 0 Å². The Balaban J connectivity index is 1.94. The van der Waals surface area contributed by atoms with E-state index in [-0.39, 0.29) is 11.9 Å². The van der Waals surface area contributed by atoms with Crippen molar-refractivity contribution in [2.75, 3.05) is 20.1 Å². The Bertz CT molecular complexity index is 439. The molecule has 0 N–H and O–H groups in total. The Morgan fingerprint density at radius 3 is 2.80 bits per heavy atom. The van der Waals surface area contributed by atoms with Crippen LogP contribution in [0, 0.1) is 0 Å². The van der Waals surface area contributed by atoms with Crippen molar-refractivity contribution in [3.8, 4) is 0 Å². The second-order valence-corrected chi connectivity index (χ2v) is 5.56. The summed E-state index contributed by atoms with van der Waals surface area (Å²) >= 11 is 0. The van der Waals surface area contributed by atoms with Crippen LogP contribution in [-0.4, -0.2) is 56.7 Å². The van der Waals surface area contributed by atoms with Gasteiger partial charge < -0.3 is 9.47 Å². The maximum atomic E-state index is 12.4. The van der Waals surface area contributed by atoms with Crippen molar-refractivity contribution in [2.24, 2.45) is 0 Å². The molecule has 1 aromatic heterocycles. The molecule has 0 bridgehead atoms. The van der Waals surface area contributed by atoms with Crippen molar-refractivity contribution in [3.05, 3.63) is 12.2 Å². The number of carbonyl (C=O) groups excluding carboxylic acids is 1. The zero-order valence-corrected chi connectivity index (χ0v) is 12.7. The van der Waals surface area contributed by atoms with E-state index in [9.17, 15) is 4.79 Å². The highest BCUT2D eigenvalue weighted by atomic mass is 16.2. The predicted octanol–water partition coefficient (Wildman–Crippen LogP) is 1.13. The maximum Gasteiger partial charge on any atom is 0.239 e. The van der Waals surface area contributed by atoms with Crippen LogP contribution in [0.15, 0.2) is 6.33 Å². The molecule has 2 rings (SSSR count). The molecular formula is C14H25N5O. The molecule has 1 aromatic rings. The van der Waals surface area contributed by atoms with Gasteiger partial charge in [-0.05, 0) is 33.2 Å². The minimum absolute atomic E-state index is 0.111. The minimum atomic E-state index is -0.111. The van der Waals surface area contributed by atoms with E-state index in [1.807, 2.05) is 18.9 Å². The number of likely N-dealkylation sites (N-methyl/N-ethyl adjacent to an activating group) is 1. The van der Waals surface area contributed by atoms with Gasteiger partial charge in [-0.15, -0.1) is 10.2 Å². The van der Waals surface area contributed by atoms with E-state index in [0.29, 0.717) is 6.54 Å². The van der Waals surface area contributed by atoms with Crippen LogP contribution in [0.5, 0.6) is 0 Å². The van der Waals surface area contributed by atoms with E-state index < -0.39 is 0 Å². The topological polar surface area (TPSA) is 54.3 Å². The first kappa shape index (κ1) is 15.0. The first-order valence-corrected chi connectivity index (χ1v) is 7.49. The summed E-state index contributed by atoms with van der Waals surface area (Å²) in [4.78, 5) is 16.4. The summed E-state index contributed by atoms with van der Waals surface area (Å²) in [6.45, 7) is 7.49. The molecule has 6 nitrogen and oxygen atoms in total. The van der Waals surface area contributed by atoms with Crippen molar-refractivity contribution in [1.29, 1.82) is 0 Å². The second kappa shape index (κ2) is 6.83.